The van der Waals surface area contributed by atoms with Crippen LogP contribution in [-0.2, 0) is 36.9 Å². The molecule has 0 bridgehead atoms. The predicted octanol–water partition coefficient (Wildman–Crippen LogP) is 4.77. The number of carbonyl (C=O) groups excluding carboxylic acids is 4. The van der Waals surface area contributed by atoms with Gasteiger partial charge in [0.05, 0.1) is 31.9 Å². The van der Waals surface area contributed by atoms with E-state index >= 15 is 0 Å². The highest BCUT2D eigenvalue weighted by Crippen LogP contribution is 2.32. The lowest BCUT2D eigenvalue weighted by Crippen LogP contribution is -2.34. The number of ether oxygens (including phenoxy) is 2. The Kier molecular flexibility index (Phi) is 9.72. The zero-order valence-corrected chi connectivity index (χ0v) is 24.5. The number of allylic oxidation sites excluding steroid dienone is 1. The Morgan fingerprint density at radius 2 is 1.67 bits per heavy atom. The lowest BCUT2D eigenvalue weighted by atomic mass is 10.1. The van der Waals surface area contributed by atoms with Crippen molar-refractivity contribution in [3.8, 4) is 5.75 Å². The molecule has 3 amide bonds. The van der Waals surface area contributed by atoms with Crippen molar-refractivity contribution < 1.29 is 33.1 Å². The van der Waals surface area contributed by atoms with Crippen molar-refractivity contribution in [2.24, 2.45) is 0 Å². The summed E-state index contributed by atoms with van der Waals surface area (Å²) in [5, 5.41) is 5.48. The summed E-state index contributed by atoms with van der Waals surface area (Å²) in [6.45, 7) is 1.92. The van der Waals surface area contributed by atoms with Gasteiger partial charge in [0.2, 0.25) is 0 Å². The molecule has 12 heteroatoms. The summed E-state index contributed by atoms with van der Waals surface area (Å²) in [6, 6.07) is 15.1. The van der Waals surface area contributed by atoms with Gasteiger partial charge in [-0.3, -0.25) is 14.4 Å². The van der Waals surface area contributed by atoms with Gasteiger partial charge in [-0.1, -0.05) is 35.3 Å². The predicted molar refractivity (Wildman–Crippen MR) is 157 cm³/mol. The van der Waals surface area contributed by atoms with Gasteiger partial charge < -0.3 is 29.4 Å². The molecule has 2 N–H and O–H groups in total. The van der Waals surface area contributed by atoms with E-state index in [1.54, 1.807) is 26.2 Å². The first-order valence-corrected chi connectivity index (χ1v) is 13.4. The fourth-order valence-corrected chi connectivity index (χ4v) is 4.83. The molecule has 2 aromatic carbocycles. The van der Waals surface area contributed by atoms with Gasteiger partial charge in [0.25, 0.3) is 5.91 Å². The number of furan rings is 1. The largest absolute Gasteiger partial charge is 0.497 e. The third-order valence-electron chi connectivity index (χ3n) is 6.40. The second kappa shape index (κ2) is 13.4. The molecule has 218 valence electrons. The van der Waals surface area contributed by atoms with Gasteiger partial charge in [-0.15, -0.1) is 0 Å². The van der Waals surface area contributed by atoms with Crippen molar-refractivity contribution in [1.29, 1.82) is 0 Å². The van der Waals surface area contributed by atoms with E-state index in [0.717, 1.165) is 11.3 Å². The van der Waals surface area contributed by atoms with Gasteiger partial charge in [-0.25, -0.2) is 4.79 Å². The van der Waals surface area contributed by atoms with E-state index in [1.807, 2.05) is 24.3 Å². The maximum atomic E-state index is 13.4. The molecule has 0 unspecified atom stereocenters. The van der Waals surface area contributed by atoms with Crippen LogP contribution in [-0.4, -0.2) is 49.4 Å². The van der Waals surface area contributed by atoms with Crippen LogP contribution in [0.15, 0.2) is 75.9 Å². The van der Waals surface area contributed by atoms with Gasteiger partial charge in [-0.05, 0) is 67.4 Å². The molecule has 1 aliphatic heterocycles. The van der Waals surface area contributed by atoms with Gasteiger partial charge in [0.1, 0.15) is 17.3 Å². The lowest BCUT2D eigenvalue weighted by Gasteiger charge is -2.17. The summed E-state index contributed by atoms with van der Waals surface area (Å²) in [7, 11) is 2.83. The van der Waals surface area contributed by atoms with Crippen LogP contribution < -0.4 is 15.4 Å². The van der Waals surface area contributed by atoms with Crippen molar-refractivity contribution in [1.82, 2.24) is 10.2 Å². The molecule has 0 saturated heterocycles. The minimum absolute atomic E-state index is 0.105. The molecule has 0 atom stereocenters. The molecule has 4 rings (SSSR count). The molecule has 42 heavy (non-hydrogen) atoms. The summed E-state index contributed by atoms with van der Waals surface area (Å²) in [4.78, 5) is 52.1. The second-order valence-electron chi connectivity index (χ2n) is 9.16. The van der Waals surface area contributed by atoms with Crippen LogP contribution in [0.5, 0.6) is 5.75 Å². The molecule has 0 saturated carbocycles. The van der Waals surface area contributed by atoms with Gasteiger partial charge in [-0.2, -0.15) is 0 Å². The van der Waals surface area contributed by atoms with E-state index in [-0.39, 0.29) is 35.0 Å². The van der Waals surface area contributed by atoms with Crippen LogP contribution in [0.4, 0.5) is 5.69 Å². The average Bonchev–Trinajstić information content (AvgIpc) is 3.51. The fraction of sp³-hybridized carbons (Fsp3) is 0.200. The van der Waals surface area contributed by atoms with Crippen LogP contribution in [0, 0.1) is 0 Å². The quantitative estimate of drug-likeness (QED) is 0.203. The number of benzene rings is 2. The highest BCUT2D eigenvalue weighted by molar-refractivity contribution is 6.40. The second-order valence-corrected chi connectivity index (χ2v) is 10.0. The van der Waals surface area contributed by atoms with Crippen molar-refractivity contribution in [2.75, 3.05) is 26.1 Å². The Balaban J connectivity index is 1.43. The summed E-state index contributed by atoms with van der Waals surface area (Å²) >= 11 is 11.8. The Bertz CT molecular complexity index is 1570. The first-order chi connectivity index (χ1) is 20.1. The first kappa shape index (κ1) is 30.4. The van der Waals surface area contributed by atoms with Crippen LogP contribution in [0.2, 0.25) is 10.0 Å². The molecule has 1 aliphatic rings. The van der Waals surface area contributed by atoms with E-state index in [4.69, 9.17) is 37.1 Å². The van der Waals surface area contributed by atoms with Crippen LogP contribution in [0.3, 0.4) is 0 Å². The standard InChI is InChI=1S/C30H27Cl2N3O7/c1-17-26(30(39)41-3)25(29(38)35(17)11-10-18-4-6-22(40-2)7-5-18)15-23-8-9-24(42-23)16-33-27(36)28(37)34-21-13-19(31)12-20(32)14-21/h4-9,12-15H,10-11,16H2,1-3H3,(H,33,36)(H,34,37)/b25-15+. The molecule has 0 aliphatic carbocycles. The van der Waals surface area contributed by atoms with Gasteiger partial charge in [0, 0.05) is 28.0 Å². The van der Waals surface area contributed by atoms with E-state index in [2.05, 4.69) is 10.6 Å². The van der Waals surface area contributed by atoms with Crippen LogP contribution >= 0.6 is 23.2 Å². The minimum atomic E-state index is -0.920. The fourth-order valence-electron chi connectivity index (χ4n) is 4.30. The van der Waals surface area contributed by atoms with Crippen LogP contribution in [0.25, 0.3) is 6.08 Å². The van der Waals surface area contributed by atoms with Crippen molar-refractivity contribution in [3.63, 3.8) is 0 Å². The third-order valence-corrected chi connectivity index (χ3v) is 6.84. The molecule has 0 radical (unpaired) electrons. The highest BCUT2D eigenvalue weighted by atomic mass is 35.5. The Morgan fingerprint density at radius 1 is 0.976 bits per heavy atom. The number of carbonyl (C=O) groups is 4. The normalized spacial score (nSPS) is 13.9. The number of amides is 3. The Hall–Kier alpha value is -4.54. The summed E-state index contributed by atoms with van der Waals surface area (Å²) in [5.74, 6) is -1.53. The Morgan fingerprint density at radius 3 is 2.31 bits per heavy atom. The number of anilines is 1. The zero-order valence-electron chi connectivity index (χ0n) is 23.0. The minimum Gasteiger partial charge on any atom is -0.497 e. The SMILES string of the molecule is COC(=O)C1=C(C)N(CCc2ccc(OC)cc2)C(=O)/C1=C/c1ccc(CNC(=O)C(=O)Nc2cc(Cl)cc(Cl)c2)o1. The average molecular weight is 612 g/mol. The summed E-state index contributed by atoms with van der Waals surface area (Å²) in [6.07, 6.45) is 2.00. The molecule has 2 heterocycles. The number of esters is 1. The van der Waals surface area contributed by atoms with Crippen molar-refractivity contribution >= 4 is 58.7 Å². The van der Waals surface area contributed by atoms with Gasteiger partial charge in [0.15, 0.2) is 0 Å². The maximum Gasteiger partial charge on any atom is 0.340 e. The first-order valence-electron chi connectivity index (χ1n) is 12.7. The molecule has 10 nitrogen and oxygen atoms in total. The molecule has 1 aromatic heterocycles. The number of hydrogen-bond acceptors (Lipinski definition) is 7. The number of halogens is 2. The zero-order chi connectivity index (χ0) is 30.4. The van der Waals surface area contributed by atoms with E-state index < -0.39 is 17.8 Å². The molecule has 0 spiro atoms. The number of nitrogens with one attached hydrogen (secondary N) is 2. The van der Waals surface area contributed by atoms with E-state index in [9.17, 15) is 19.2 Å². The van der Waals surface area contributed by atoms with Crippen LogP contribution in [0.1, 0.15) is 24.0 Å². The van der Waals surface area contributed by atoms with Crippen molar-refractivity contribution in [3.05, 3.63) is 98.6 Å². The van der Waals surface area contributed by atoms with Gasteiger partial charge >= 0.3 is 17.8 Å². The third kappa shape index (κ3) is 7.20. The maximum absolute atomic E-state index is 13.4. The highest BCUT2D eigenvalue weighted by Gasteiger charge is 2.37. The number of rotatable bonds is 9. The lowest BCUT2D eigenvalue weighted by molar-refractivity contribution is -0.136. The van der Waals surface area contributed by atoms with E-state index in [0.29, 0.717) is 34.5 Å². The molecular formula is C30H27Cl2N3O7. The molecular weight excluding hydrogens is 585 g/mol. The monoisotopic (exact) mass is 611 g/mol. The topological polar surface area (TPSA) is 127 Å². The van der Waals surface area contributed by atoms with Crippen molar-refractivity contribution in [2.45, 2.75) is 19.9 Å². The number of hydrogen-bond donors (Lipinski definition) is 2. The molecule has 3 aromatic rings. The Labute approximate surface area is 251 Å². The van der Waals surface area contributed by atoms with E-state index in [1.165, 1.54) is 36.3 Å². The summed E-state index contributed by atoms with van der Waals surface area (Å²) in [5.41, 5.74) is 2.00. The molecule has 0 fully saturated rings. The number of nitrogens with zero attached hydrogens (tertiary/aromatic N) is 1. The summed E-state index contributed by atoms with van der Waals surface area (Å²) < 4.78 is 15.9. The smallest absolute Gasteiger partial charge is 0.340 e. The number of methoxy groups -OCH3 is 2.